The average Bonchev–Trinajstić information content (AvgIpc) is 2.24. The summed E-state index contributed by atoms with van der Waals surface area (Å²) >= 11 is 4.24. The lowest BCUT2D eigenvalue weighted by atomic mass is 10.1. The first-order valence-corrected chi connectivity index (χ1v) is 6.57. The first-order valence-electron chi connectivity index (χ1n) is 5.94. The minimum absolute atomic E-state index is 0.698. The monoisotopic (exact) mass is 238 g/mol. The lowest BCUT2D eigenvalue weighted by Crippen LogP contribution is -2.04. The molecule has 0 saturated heterocycles. The summed E-state index contributed by atoms with van der Waals surface area (Å²) in [6, 6.07) is 6.27. The third kappa shape index (κ3) is 4.48. The maximum atomic E-state index is 5.73. The van der Waals surface area contributed by atoms with Crippen LogP contribution >= 0.6 is 12.6 Å². The molecule has 0 fully saturated rings. The van der Waals surface area contributed by atoms with Crippen LogP contribution in [0.1, 0.15) is 30.9 Å². The predicted molar refractivity (Wildman–Crippen MR) is 73.7 cm³/mol. The molecule has 0 aliphatic carbocycles. The number of hydrogen-bond donors (Lipinski definition) is 1. The second-order valence-electron chi connectivity index (χ2n) is 4.50. The van der Waals surface area contributed by atoms with Gasteiger partial charge in [-0.05, 0) is 61.6 Å². The van der Waals surface area contributed by atoms with E-state index in [1.807, 2.05) is 6.07 Å². The van der Waals surface area contributed by atoms with Crippen LogP contribution in [0.25, 0.3) is 0 Å². The van der Waals surface area contributed by atoms with Crippen molar-refractivity contribution in [2.24, 2.45) is 5.92 Å². The number of aryl methyl sites for hydroxylation is 2. The topological polar surface area (TPSA) is 9.23 Å². The normalized spacial score (nSPS) is 12.5. The summed E-state index contributed by atoms with van der Waals surface area (Å²) in [4.78, 5) is 0. The van der Waals surface area contributed by atoms with E-state index in [1.54, 1.807) is 0 Å². The molecule has 0 radical (unpaired) electrons. The van der Waals surface area contributed by atoms with Crippen LogP contribution in [-0.4, -0.2) is 12.4 Å². The van der Waals surface area contributed by atoms with Crippen molar-refractivity contribution in [3.8, 4) is 5.75 Å². The van der Waals surface area contributed by atoms with Gasteiger partial charge >= 0.3 is 0 Å². The largest absolute Gasteiger partial charge is 0.494 e. The van der Waals surface area contributed by atoms with Crippen LogP contribution in [0.2, 0.25) is 0 Å². The third-order valence-corrected chi connectivity index (χ3v) is 3.24. The third-order valence-electron chi connectivity index (χ3n) is 2.98. The van der Waals surface area contributed by atoms with E-state index >= 15 is 0 Å². The molecule has 1 aromatic carbocycles. The van der Waals surface area contributed by atoms with Crippen LogP contribution in [0, 0.1) is 19.8 Å². The van der Waals surface area contributed by atoms with Gasteiger partial charge in [0.1, 0.15) is 5.75 Å². The maximum Gasteiger partial charge on any atom is 0.119 e. The van der Waals surface area contributed by atoms with Crippen molar-refractivity contribution in [2.45, 2.75) is 33.6 Å². The minimum Gasteiger partial charge on any atom is -0.494 e. The molecule has 0 aromatic heterocycles. The van der Waals surface area contributed by atoms with Crippen LogP contribution in [0.15, 0.2) is 18.2 Å². The second-order valence-corrected chi connectivity index (χ2v) is 4.95. The summed E-state index contributed by atoms with van der Waals surface area (Å²) in [6.07, 6.45) is 2.27. The van der Waals surface area contributed by atoms with Gasteiger partial charge in [-0.25, -0.2) is 0 Å². The SMILES string of the molecule is Cc1ccc(OCCC(C)CCS)cc1C. The van der Waals surface area contributed by atoms with Crippen molar-refractivity contribution in [3.63, 3.8) is 0 Å². The Hall–Kier alpha value is -0.630. The highest BCUT2D eigenvalue weighted by Gasteiger charge is 2.02. The van der Waals surface area contributed by atoms with Gasteiger partial charge in [-0.15, -0.1) is 0 Å². The van der Waals surface area contributed by atoms with E-state index in [4.69, 9.17) is 4.74 Å². The first kappa shape index (κ1) is 13.4. The van der Waals surface area contributed by atoms with Gasteiger partial charge in [0.25, 0.3) is 0 Å². The molecule has 0 bridgehead atoms. The molecule has 0 aliphatic rings. The molecule has 16 heavy (non-hydrogen) atoms. The van der Waals surface area contributed by atoms with Crippen LogP contribution in [0.3, 0.4) is 0 Å². The summed E-state index contributed by atoms with van der Waals surface area (Å²) in [7, 11) is 0. The molecule has 1 unspecified atom stereocenters. The Labute approximate surface area is 105 Å². The van der Waals surface area contributed by atoms with E-state index in [0.29, 0.717) is 5.92 Å². The zero-order valence-electron chi connectivity index (χ0n) is 10.5. The van der Waals surface area contributed by atoms with E-state index in [1.165, 1.54) is 17.5 Å². The van der Waals surface area contributed by atoms with Crippen molar-refractivity contribution in [1.82, 2.24) is 0 Å². The van der Waals surface area contributed by atoms with Crippen molar-refractivity contribution in [3.05, 3.63) is 29.3 Å². The number of hydrogen-bond acceptors (Lipinski definition) is 2. The van der Waals surface area contributed by atoms with Crippen LogP contribution in [-0.2, 0) is 0 Å². The molecule has 1 atom stereocenters. The lowest BCUT2D eigenvalue weighted by Gasteiger charge is -2.11. The smallest absolute Gasteiger partial charge is 0.119 e. The van der Waals surface area contributed by atoms with E-state index in [0.717, 1.165) is 24.5 Å². The van der Waals surface area contributed by atoms with Crippen LogP contribution < -0.4 is 4.74 Å². The molecule has 90 valence electrons. The first-order chi connectivity index (χ1) is 7.63. The Balaban J connectivity index is 2.34. The summed E-state index contributed by atoms with van der Waals surface area (Å²) in [6.45, 7) is 7.29. The Morgan fingerprint density at radius 3 is 2.56 bits per heavy atom. The highest BCUT2D eigenvalue weighted by molar-refractivity contribution is 7.80. The highest BCUT2D eigenvalue weighted by atomic mass is 32.1. The number of benzene rings is 1. The zero-order valence-corrected chi connectivity index (χ0v) is 11.4. The molecule has 0 N–H and O–H groups in total. The lowest BCUT2D eigenvalue weighted by molar-refractivity contribution is 0.282. The standard InChI is InChI=1S/C14H22OS/c1-11(7-9-16)6-8-15-14-5-4-12(2)13(3)10-14/h4-5,10-11,16H,6-9H2,1-3H3. The van der Waals surface area contributed by atoms with Crippen molar-refractivity contribution in [1.29, 1.82) is 0 Å². The van der Waals surface area contributed by atoms with Crippen LogP contribution in [0.4, 0.5) is 0 Å². The van der Waals surface area contributed by atoms with Gasteiger partial charge in [-0.3, -0.25) is 0 Å². The van der Waals surface area contributed by atoms with Crippen molar-refractivity contribution < 1.29 is 4.74 Å². The van der Waals surface area contributed by atoms with E-state index < -0.39 is 0 Å². The van der Waals surface area contributed by atoms with Gasteiger partial charge in [-0.1, -0.05) is 13.0 Å². The fourth-order valence-electron chi connectivity index (χ4n) is 1.55. The van der Waals surface area contributed by atoms with Gasteiger partial charge in [0, 0.05) is 0 Å². The Kier molecular flexibility index (Phi) is 5.75. The van der Waals surface area contributed by atoms with Gasteiger partial charge < -0.3 is 4.74 Å². The minimum atomic E-state index is 0.698. The number of ether oxygens (including phenoxy) is 1. The highest BCUT2D eigenvalue weighted by Crippen LogP contribution is 2.17. The molecule has 0 amide bonds. The summed E-state index contributed by atoms with van der Waals surface area (Å²) < 4.78 is 5.73. The Morgan fingerprint density at radius 2 is 1.94 bits per heavy atom. The zero-order chi connectivity index (χ0) is 12.0. The molecule has 0 spiro atoms. The summed E-state index contributed by atoms with van der Waals surface area (Å²) in [5.41, 5.74) is 2.61. The number of thiol groups is 1. The molecule has 1 rings (SSSR count). The fourth-order valence-corrected chi connectivity index (χ4v) is 1.99. The maximum absolute atomic E-state index is 5.73. The summed E-state index contributed by atoms with van der Waals surface area (Å²) in [5, 5.41) is 0. The molecule has 2 heteroatoms. The van der Waals surface area contributed by atoms with E-state index in [-0.39, 0.29) is 0 Å². The Morgan fingerprint density at radius 1 is 1.19 bits per heavy atom. The van der Waals surface area contributed by atoms with Gasteiger partial charge in [0.15, 0.2) is 0 Å². The second kappa shape index (κ2) is 6.85. The molecule has 0 aliphatic heterocycles. The van der Waals surface area contributed by atoms with E-state index in [9.17, 15) is 0 Å². The van der Waals surface area contributed by atoms with Gasteiger partial charge in [-0.2, -0.15) is 12.6 Å². The fraction of sp³-hybridized carbons (Fsp3) is 0.571. The Bertz CT molecular complexity index is 323. The molecule has 0 saturated carbocycles. The number of rotatable bonds is 6. The predicted octanol–water partition coefficient (Wildman–Crippen LogP) is 4.03. The van der Waals surface area contributed by atoms with Crippen LogP contribution in [0.5, 0.6) is 5.75 Å². The van der Waals surface area contributed by atoms with Crippen molar-refractivity contribution >= 4 is 12.6 Å². The van der Waals surface area contributed by atoms with E-state index in [2.05, 4.69) is 45.5 Å². The molecule has 1 nitrogen and oxygen atoms in total. The molecule has 1 aromatic rings. The summed E-state index contributed by atoms with van der Waals surface area (Å²) in [5.74, 6) is 2.65. The molecule has 0 heterocycles. The van der Waals surface area contributed by atoms with Crippen molar-refractivity contribution in [2.75, 3.05) is 12.4 Å². The quantitative estimate of drug-likeness (QED) is 0.736. The molecular weight excluding hydrogens is 216 g/mol. The van der Waals surface area contributed by atoms with Gasteiger partial charge in [0.2, 0.25) is 0 Å². The molecular formula is C14H22OS. The van der Waals surface area contributed by atoms with Gasteiger partial charge in [0.05, 0.1) is 6.61 Å². The average molecular weight is 238 g/mol.